The van der Waals surface area contributed by atoms with Gasteiger partial charge in [-0.1, -0.05) is 31.4 Å². The summed E-state index contributed by atoms with van der Waals surface area (Å²) in [5.41, 5.74) is 7.23. The number of halogens is 1. The van der Waals surface area contributed by atoms with Crippen LogP contribution in [0.5, 0.6) is 5.75 Å². The molecule has 1 fully saturated rings. The van der Waals surface area contributed by atoms with Gasteiger partial charge >= 0.3 is 0 Å². The molecule has 5 heteroatoms. The van der Waals surface area contributed by atoms with Gasteiger partial charge in [0.25, 0.3) is 0 Å². The van der Waals surface area contributed by atoms with Crippen LogP contribution < -0.4 is 15.8 Å². The Balaban J connectivity index is 0.00000242. The average Bonchev–Trinajstić information content (AvgIpc) is 2.53. The second-order valence-corrected chi connectivity index (χ2v) is 5.70. The van der Waals surface area contributed by atoms with Crippen molar-refractivity contribution in [2.45, 2.75) is 51.0 Å². The van der Waals surface area contributed by atoms with Crippen LogP contribution in [0.25, 0.3) is 0 Å². The van der Waals surface area contributed by atoms with Crippen LogP contribution in [0.2, 0.25) is 0 Å². The maximum absolute atomic E-state index is 5.95. The van der Waals surface area contributed by atoms with Crippen LogP contribution in [-0.2, 0) is 6.42 Å². The number of aryl methyl sites for hydroxylation is 1. The molecule has 1 aromatic rings. The lowest BCUT2D eigenvalue weighted by Gasteiger charge is -2.23. The van der Waals surface area contributed by atoms with Gasteiger partial charge in [0.2, 0.25) is 0 Å². The number of hydrogen-bond acceptors (Lipinski definition) is 2. The van der Waals surface area contributed by atoms with Crippen LogP contribution in [-0.4, -0.2) is 25.7 Å². The number of hydrogen-bond donors (Lipinski definition) is 2. The molecule has 1 aliphatic rings. The van der Waals surface area contributed by atoms with Crippen LogP contribution in [0.1, 0.15) is 44.1 Å². The summed E-state index contributed by atoms with van der Waals surface area (Å²) in [5, 5.41) is 3.34. The Hall–Kier alpha value is -0.980. The van der Waals surface area contributed by atoms with E-state index in [9.17, 15) is 0 Å². The van der Waals surface area contributed by atoms with Crippen LogP contribution in [0.3, 0.4) is 0 Å². The summed E-state index contributed by atoms with van der Waals surface area (Å²) in [7, 11) is 1.70. The Labute approximate surface area is 150 Å². The van der Waals surface area contributed by atoms with Gasteiger partial charge in [0.05, 0.1) is 7.11 Å². The molecule has 3 N–H and O–H groups in total. The fourth-order valence-electron chi connectivity index (χ4n) is 2.81. The molecule has 2 rings (SSSR count). The first-order valence-electron chi connectivity index (χ1n) is 7.97. The van der Waals surface area contributed by atoms with Crippen LogP contribution >= 0.6 is 24.0 Å². The number of rotatable bonds is 6. The molecule has 22 heavy (non-hydrogen) atoms. The smallest absolute Gasteiger partial charge is 0.188 e. The molecule has 1 aromatic carbocycles. The SMILES string of the molecule is COc1cccc(CCCN=C(N)NC2CCCCC2)c1.I. The minimum absolute atomic E-state index is 0. The maximum atomic E-state index is 5.95. The molecule has 4 nitrogen and oxygen atoms in total. The van der Waals surface area contributed by atoms with E-state index in [1.54, 1.807) is 7.11 Å². The minimum atomic E-state index is 0. The van der Waals surface area contributed by atoms with Crippen molar-refractivity contribution < 1.29 is 4.74 Å². The highest BCUT2D eigenvalue weighted by molar-refractivity contribution is 14.0. The molecule has 0 spiro atoms. The number of ether oxygens (including phenoxy) is 1. The van der Waals surface area contributed by atoms with E-state index in [4.69, 9.17) is 10.5 Å². The first kappa shape index (κ1) is 19.1. The lowest BCUT2D eigenvalue weighted by molar-refractivity contribution is 0.412. The Morgan fingerprint density at radius 3 is 2.82 bits per heavy atom. The molecule has 0 saturated heterocycles. The lowest BCUT2D eigenvalue weighted by Crippen LogP contribution is -2.41. The van der Waals surface area contributed by atoms with Gasteiger partial charge in [-0.05, 0) is 43.4 Å². The van der Waals surface area contributed by atoms with Gasteiger partial charge in [0.15, 0.2) is 5.96 Å². The van der Waals surface area contributed by atoms with Crippen molar-refractivity contribution in [1.29, 1.82) is 0 Å². The van der Waals surface area contributed by atoms with Gasteiger partial charge in [-0.2, -0.15) is 0 Å². The molecule has 0 aliphatic heterocycles. The van der Waals surface area contributed by atoms with E-state index in [1.807, 2.05) is 12.1 Å². The van der Waals surface area contributed by atoms with Crippen molar-refractivity contribution in [3.8, 4) is 5.75 Å². The number of nitrogens with two attached hydrogens (primary N) is 1. The predicted molar refractivity (Wildman–Crippen MR) is 103 cm³/mol. The molecule has 0 atom stereocenters. The summed E-state index contributed by atoms with van der Waals surface area (Å²) in [6, 6.07) is 8.72. The average molecular weight is 417 g/mol. The second-order valence-electron chi connectivity index (χ2n) is 5.70. The Bertz CT molecular complexity index is 459. The molecule has 0 bridgehead atoms. The van der Waals surface area contributed by atoms with Crippen molar-refractivity contribution in [3.05, 3.63) is 29.8 Å². The van der Waals surface area contributed by atoms with Gasteiger partial charge in [0, 0.05) is 12.6 Å². The molecule has 124 valence electrons. The van der Waals surface area contributed by atoms with Gasteiger partial charge in [0.1, 0.15) is 5.75 Å². The number of methoxy groups -OCH3 is 1. The molecule has 0 unspecified atom stereocenters. The standard InChI is InChI=1S/C17H27N3O.HI/c1-21-16-11-5-7-14(13-16)8-6-12-19-17(18)20-15-9-3-2-4-10-15;/h5,7,11,13,15H,2-4,6,8-10,12H2,1H3,(H3,18,19,20);1H. The molecule has 0 aromatic heterocycles. The molecule has 1 saturated carbocycles. The number of nitrogens with zero attached hydrogens (tertiary/aromatic N) is 1. The fourth-order valence-corrected chi connectivity index (χ4v) is 2.81. The van der Waals surface area contributed by atoms with Crippen LogP contribution in [0, 0.1) is 0 Å². The van der Waals surface area contributed by atoms with E-state index in [2.05, 4.69) is 22.4 Å². The third-order valence-electron chi connectivity index (χ3n) is 4.00. The third-order valence-corrected chi connectivity index (χ3v) is 4.00. The summed E-state index contributed by atoms with van der Waals surface area (Å²) in [6.45, 7) is 0.767. The molecule has 0 amide bonds. The predicted octanol–water partition coefficient (Wildman–Crippen LogP) is 3.48. The Morgan fingerprint density at radius 2 is 2.09 bits per heavy atom. The molecular weight excluding hydrogens is 389 g/mol. The van der Waals surface area contributed by atoms with Crippen molar-refractivity contribution in [2.75, 3.05) is 13.7 Å². The summed E-state index contributed by atoms with van der Waals surface area (Å²) >= 11 is 0. The zero-order chi connectivity index (χ0) is 14.9. The monoisotopic (exact) mass is 417 g/mol. The fraction of sp³-hybridized carbons (Fsp3) is 0.588. The normalized spacial score (nSPS) is 16.0. The van der Waals surface area contributed by atoms with Crippen LogP contribution in [0.15, 0.2) is 29.3 Å². The summed E-state index contributed by atoms with van der Waals surface area (Å²) < 4.78 is 5.23. The molecule has 0 heterocycles. The zero-order valence-electron chi connectivity index (χ0n) is 13.4. The molecule has 0 radical (unpaired) electrons. The van der Waals surface area contributed by atoms with E-state index >= 15 is 0 Å². The van der Waals surface area contributed by atoms with E-state index in [0.29, 0.717) is 12.0 Å². The third kappa shape index (κ3) is 6.85. The molecule has 1 aliphatic carbocycles. The van der Waals surface area contributed by atoms with E-state index in [-0.39, 0.29) is 24.0 Å². The van der Waals surface area contributed by atoms with Gasteiger partial charge in [-0.15, -0.1) is 24.0 Å². The highest BCUT2D eigenvalue weighted by Gasteiger charge is 2.12. The lowest BCUT2D eigenvalue weighted by atomic mass is 9.96. The maximum Gasteiger partial charge on any atom is 0.188 e. The Morgan fingerprint density at radius 1 is 1.32 bits per heavy atom. The topological polar surface area (TPSA) is 59.6 Å². The number of guanidine groups is 1. The summed E-state index contributed by atoms with van der Waals surface area (Å²) in [6.07, 6.45) is 8.41. The van der Waals surface area contributed by atoms with Gasteiger partial charge < -0.3 is 15.8 Å². The first-order chi connectivity index (χ1) is 10.3. The van der Waals surface area contributed by atoms with E-state index in [0.717, 1.165) is 25.1 Å². The Kier molecular flexibility index (Phi) is 9.27. The number of benzene rings is 1. The van der Waals surface area contributed by atoms with Crippen LogP contribution in [0.4, 0.5) is 0 Å². The quantitative estimate of drug-likeness (QED) is 0.323. The van der Waals surface area contributed by atoms with Crippen molar-refractivity contribution >= 4 is 29.9 Å². The summed E-state index contributed by atoms with van der Waals surface area (Å²) in [4.78, 5) is 4.43. The number of aliphatic imine (C=N–C) groups is 1. The van der Waals surface area contributed by atoms with E-state index in [1.165, 1.54) is 37.7 Å². The van der Waals surface area contributed by atoms with Crippen molar-refractivity contribution in [2.24, 2.45) is 10.7 Å². The largest absolute Gasteiger partial charge is 0.497 e. The molecular formula is C17H28IN3O. The number of nitrogens with one attached hydrogen (secondary N) is 1. The van der Waals surface area contributed by atoms with Gasteiger partial charge in [-0.25, -0.2) is 0 Å². The second kappa shape index (κ2) is 10.7. The first-order valence-corrected chi connectivity index (χ1v) is 7.97. The van der Waals surface area contributed by atoms with Crippen molar-refractivity contribution in [3.63, 3.8) is 0 Å². The minimum Gasteiger partial charge on any atom is -0.497 e. The highest BCUT2D eigenvalue weighted by atomic mass is 127. The highest BCUT2D eigenvalue weighted by Crippen LogP contribution is 2.17. The van der Waals surface area contributed by atoms with Crippen molar-refractivity contribution in [1.82, 2.24) is 5.32 Å². The summed E-state index contributed by atoms with van der Waals surface area (Å²) in [5.74, 6) is 1.52. The van der Waals surface area contributed by atoms with E-state index < -0.39 is 0 Å². The van der Waals surface area contributed by atoms with Gasteiger partial charge in [-0.3, -0.25) is 4.99 Å². The zero-order valence-corrected chi connectivity index (χ0v) is 15.7.